The van der Waals surface area contributed by atoms with E-state index in [1.165, 1.54) is 0 Å². The molecule has 0 spiro atoms. The highest BCUT2D eigenvalue weighted by Gasteiger charge is 2.48. The van der Waals surface area contributed by atoms with Gasteiger partial charge >= 0.3 is 0 Å². The van der Waals surface area contributed by atoms with Crippen molar-refractivity contribution in [3.63, 3.8) is 0 Å². The highest BCUT2D eigenvalue weighted by Crippen LogP contribution is 2.39. The Hall–Kier alpha value is -2.63. The fraction of sp³-hybridized carbons (Fsp3) is 0.400. The van der Waals surface area contributed by atoms with Crippen LogP contribution in [0.5, 0.6) is 5.75 Å². The van der Waals surface area contributed by atoms with Gasteiger partial charge in [0.2, 0.25) is 0 Å². The Balaban J connectivity index is 1.37. The molecular weight excluding hydrogens is 378 g/mol. The molecule has 2 atom stereocenters. The molecule has 30 heavy (non-hydrogen) atoms. The Bertz CT molecular complexity index is 858. The van der Waals surface area contributed by atoms with Crippen LogP contribution < -0.4 is 10.1 Å². The van der Waals surface area contributed by atoms with Crippen molar-refractivity contribution in [2.75, 3.05) is 13.2 Å². The summed E-state index contributed by atoms with van der Waals surface area (Å²) in [6, 6.07) is 17.1. The van der Waals surface area contributed by atoms with Gasteiger partial charge in [0.05, 0.1) is 17.8 Å². The second-order valence-electron chi connectivity index (χ2n) is 8.24. The third kappa shape index (κ3) is 6.44. The number of amides is 1. The molecule has 5 nitrogen and oxygen atoms in total. The second-order valence-corrected chi connectivity index (χ2v) is 8.24. The lowest BCUT2D eigenvalue weighted by atomic mass is 10.0. The predicted molar refractivity (Wildman–Crippen MR) is 118 cm³/mol. The summed E-state index contributed by atoms with van der Waals surface area (Å²) in [5.74, 6) is 0.717. The first-order valence-corrected chi connectivity index (χ1v) is 10.4. The summed E-state index contributed by atoms with van der Waals surface area (Å²) in [5.41, 5.74) is 2.59. The van der Waals surface area contributed by atoms with Gasteiger partial charge in [-0.25, -0.2) is 0 Å². The fourth-order valence-electron chi connectivity index (χ4n) is 3.22. The highest BCUT2D eigenvalue weighted by atomic mass is 16.6. The minimum atomic E-state index is -0.506. The number of rotatable bonds is 10. The molecule has 1 amide bonds. The van der Waals surface area contributed by atoms with Crippen molar-refractivity contribution in [3.05, 3.63) is 77.4 Å². The minimum absolute atomic E-state index is 0.0586. The quantitative estimate of drug-likeness (QED) is 0.461. The van der Waals surface area contributed by atoms with Crippen LogP contribution in [0.25, 0.3) is 0 Å². The number of aliphatic hydroxyl groups is 1. The van der Waals surface area contributed by atoms with Gasteiger partial charge in [0, 0.05) is 18.5 Å². The van der Waals surface area contributed by atoms with Crippen LogP contribution in [-0.2, 0) is 11.2 Å². The summed E-state index contributed by atoms with van der Waals surface area (Å²) in [6.07, 6.45) is 2.90. The monoisotopic (exact) mass is 409 g/mol. The van der Waals surface area contributed by atoms with E-state index in [9.17, 15) is 9.90 Å². The van der Waals surface area contributed by atoms with Crippen LogP contribution in [0.1, 0.15) is 43.1 Å². The van der Waals surface area contributed by atoms with Crippen LogP contribution in [0.3, 0.4) is 0 Å². The van der Waals surface area contributed by atoms with Crippen molar-refractivity contribution < 1.29 is 19.4 Å². The maximum Gasteiger partial charge on any atom is 0.251 e. The summed E-state index contributed by atoms with van der Waals surface area (Å²) in [7, 11) is 0. The van der Waals surface area contributed by atoms with Gasteiger partial charge in [-0.3, -0.25) is 4.79 Å². The number of benzene rings is 2. The topological polar surface area (TPSA) is 71.1 Å². The van der Waals surface area contributed by atoms with Gasteiger partial charge in [-0.15, -0.1) is 0 Å². The van der Waals surface area contributed by atoms with Crippen LogP contribution in [0.4, 0.5) is 0 Å². The number of hydrogen-bond donors (Lipinski definition) is 2. The maximum atomic E-state index is 12.0. The largest absolute Gasteiger partial charge is 0.490 e. The van der Waals surface area contributed by atoms with E-state index in [4.69, 9.17) is 9.47 Å². The molecule has 160 valence electrons. The molecule has 1 aliphatic heterocycles. The van der Waals surface area contributed by atoms with E-state index in [0.717, 1.165) is 23.3 Å². The number of carbonyl (C=O) groups excluding carboxylic acids is 1. The Labute approximate surface area is 178 Å². The highest BCUT2D eigenvalue weighted by molar-refractivity contribution is 5.94. The van der Waals surface area contributed by atoms with Crippen LogP contribution >= 0.6 is 0 Å². The molecule has 1 fully saturated rings. The van der Waals surface area contributed by atoms with E-state index in [0.29, 0.717) is 25.1 Å². The number of hydrogen-bond acceptors (Lipinski definition) is 4. The Morgan fingerprint density at radius 1 is 1.20 bits per heavy atom. The Kier molecular flexibility index (Phi) is 7.29. The van der Waals surface area contributed by atoms with Gasteiger partial charge in [0.1, 0.15) is 12.4 Å². The van der Waals surface area contributed by atoms with Crippen molar-refractivity contribution in [2.45, 2.75) is 51.4 Å². The average molecular weight is 410 g/mol. The normalized spacial score (nSPS) is 18.5. The minimum Gasteiger partial charge on any atom is -0.490 e. The van der Waals surface area contributed by atoms with Crippen molar-refractivity contribution in [1.29, 1.82) is 0 Å². The first-order chi connectivity index (χ1) is 14.3. The van der Waals surface area contributed by atoms with Gasteiger partial charge in [0.25, 0.3) is 5.91 Å². The molecular formula is C25H31NO4. The van der Waals surface area contributed by atoms with Crippen molar-refractivity contribution in [1.82, 2.24) is 5.32 Å². The molecule has 0 aromatic heterocycles. The summed E-state index contributed by atoms with van der Waals surface area (Å²) in [4.78, 5) is 12.0. The Morgan fingerprint density at radius 3 is 2.50 bits per heavy atom. The van der Waals surface area contributed by atoms with Crippen molar-refractivity contribution in [3.8, 4) is 5.75 Å². The van der Waals surface area contributed by atoms with Crippen LogP contribution in [0.15, 0.2) is 66.2 Å². The molecule has 2 aromatic carbocycles. The van der Waals surface area contributed by atoms with E-state index in [-0.39, 0.29) is 17.6 Å². The molecule has 1 saturated heterocycles. The molecule has 0 bridgehead atoms. The molecule has 3 rings (SSSR count). The van der Waals surface area contributed by atoms with E-state index in [1.54, 1.807) is 12.1 Å². The second kappa shape index (κ2) is 9.92. The van der Waals surface area contributed by atoms with E-state index >= 15 is 0 Å². The molecule has 1 unspecified atom stereocenters. The predicted octanol–water partition coefficient (Wildman–Crippen LogP) is 3.91. The van der Waals surface area contributed by atoms with Crippen molar-refractivity contribution >= 4 is 5.91 Å². The Morgan fingerprint density at radius 2 is 1.87 bits per heavy atom. The first kappa shape index (κ1) is 22.1. The number of nitrogens with one attached hydrogen (secondary N) is 1. The number of epoxide rings is 1. The smallest absolute Gasteiger partial charge is 0.251 e. The van der Waals surface area contributed by atoms with Gasteiger partial charge in [-0.05, 0) is 68.7 Å². The molecule has 0 saturated carbocycles. The van der Waals surface area contributed by atoms with Crippen LogP contribution in [0.2, 0.25) is 0 Å². The maximum absolute atomic E-state index is 12.0. The average Bonchev–Trinajstić information content (AvgIpc) is 3.35. The van der Waals surface area contributed by atoms with Gasteiger partial charge in [-0.1, -0.05) is 30.3 Å². The number of carbonyl (C=O) groups is 1. The standard InChI is InChI=1S/C25H31NO4/c1-18(22(27)17-23-25(2,3)30-23)14-16-29-21-11-9-19(10-12-21)13-15-26-24(28)20-7-5-4-6-8-20/h4-12,14,22-23,27H,13,15-17H2,1-3H3,(H,26,28)/b18-14+/t22?,23-/m0/s1. The molecule has 1 aliphatic rings. The lowest BCUT2D eigenvalue weighted by molar-refractivity contribution is 0.0954. The van der Waals surface area contributed by atoms with E-state index in [2.05, 4.69) is 5.32 Å². The molecule has 0 radical (unpaired) electrons. The molecule has 2 N–H and O–H groups in total. The van der Waals surface area contributed by atoms with Gasteiger partial charge in [-0.2, -0.15) is 0 Å². The summed E-state index contributed by atoms with van der Waals surface area (Å²) >= 11 is 0. The summed E-state index contributed by atoms with van der Waals surface area (Å²) in [5, 5.41) is 13.2. The number of ether oxygens (including phenoxy) is 2. The lowest BCUT2D eigenvalue weighted by Gasteiger charge is -2.11. The zero-order valence-corrected chi connectivity index (χ0v) is 17.9. The number of aliphatic hydroxyl groups excluding tert-OH is 1. The van der Waals surface area contributed by atoms with Gasteiger partial charge < -0.3 is 19.9 Å². The zero-order chi connectivity index (χ0) is 21.6. The third-order valence-electron chi connectivity index (χ3n) is 5.44. The zero-order valence-electron chi connectivity index (χ0n) is 17.9. The SMILES string of the molecule is C/C(=C\COc1ccc(CCNC(=O)c2ccccc2)cc1)C(O)C[C@@H]1OC1(C)C. The third-order valence-corrected chi connectivity index (χ3v) is 5.44. The lowest BCUT2D eigenvalue weighted by Crippen LogP contribution is -2.25. The fourth-order valence-corrected chi connectivity index (χ4v) is 3.22. The van der Waals surface area contributed by atoms with Gasteiger partial charge in [0.15, 0.2) is 0 Å². The van der Waals surface area contributed by atoms with Crippen molar-refractivity contribution in [2.24, 2.45) is 0 Å². The molecule has 0 aliphatic carbocycles. The summed E-state index contributed by atoms with van der Waals surface area (Å²) < 4.78 is 11.3. The molecule has 5 heteroatoms. The molecule has 1 heterocycles. The molecule has 2 aromatic rings. The van der Waals surface area contributed by atoms with Crippen LogP contribution in [0, 0.1) is 0 Å². The van der Waals surface area contributed by atoms with E-state index < -0.39 is 6.10 Å². The first-order valence-electron chi connectivity index (χ1n) is 10.4. The summed E-state index contributed by atoms with van der Waals surface area (Å²) in [6.45, 7) is 6.97. The van der Waals surface area contributed by atoms with E-state index in [1.807, 2.05) is 69.3 Å². The van der Waals surface area contributed by atoms with Crippen LogP contribution in [-0.4, -0.2) is 42.0 Å².